The zero-order valence-corrected chi connectivity index (χ0v) is 16.9. The van der Waals surface area contributed by atoms with Crippen LogP contribution in [0.15, 0.2) is 54.6 Å². The second-order valence-corrected chi connectivity index (χ2v) is 8.00. The minimum absolute atomic E-state index is 0.0218. The summed E-state index contributed by atoms with van der Waals surface area (Å²) in [7, 11) is 0. The van der Waals surface area contributed by atoms with Crippen molar-refractivity contribution in [1.29, 1.82) is 0 Å². The van der Waals surface area contributed by atoms with Crippen molar-refractivity contribution in [1.82, 2.24) is 15.1 Å². The van der Waals surface area contributed by atoms with Gasteiger partial charge in [-0.15, -0.1) is 10.2 Å². The van der Waals surface area contributed by atoms with Gasteiger partial charge in [-0.25, -0.2) is 9.18 Å². The Morgan fingerprint density at radius 2 is 1.73 bits per heavy atom. The normalized spacial score (nSPS) is 16.2. The van der Waals surface area contributed by atoms with Gasteiger partial charge in [-0.3, -0.25) is 4.79 Å². The highest BCUT2D eigenvalue weighted by molar-refractivity contribution is 7.13. The van der Waals surface area contributed by atoms with E-state index in [4.69, 9.17) is 0 Å². The number of nitrogens with one attached hydrogen (secondary N) is 2. The quantitative estimate of drug-likeness (QED) is 0.651. The molecule has 7 nitrogen and oxygen atoms in total. The maximum absolute atomic E-state index is 13.0. The van der Waals surface area contributed by atoms with Gasteiger partial charge >= 0.3 is 6.03 Å². The zero-order chi connectivity index (χ0) is 20.9. The van der Waals surface area contributed by atoms with E-state index in [1.54, 1.807) is 17.0 Å². The molecule has 0 saturated carbocycles. The number of para-hydroxylation sites is 1. The molecule has 0 radical (unpaired) electrons. The number of likely N-dealkylation sites (tertiary alicyclic amines) is 1. The van der Waals surface area contributed by atoms with Gasteiger partial charge in [0.05, 0.1) is 0 Å². The molecule has 30 heavy (non-hydrogen) atoms. The standard InChI is InChI=1S/C21H20FN5O2S/c22-15-8-10-17(11-9-15)24-21(29)27-12-4-5-14(13-27)19-25-26-20(30-19)18(28)23-16-6-2-1-3-7-16/h1-3,6-11,14H,4-5,12-13H2,(H,23,28)(H,24,29)/t14-/m1/s1. The van der Waals surface area contributed by atoms with Crippen LogP contribution in [0.2, 0.25) is 0 Å². The highest BCUT2D eigenvalue weighted by atomic mass is 32.1. The van der Waals surface area contributed by atoms with Gasteiger partial charge in [-0.05, 0) is 49.2 Å². The molecule has 1 aliphatic heterocycles. The first-order chi connectivity index (χ1) is 14.6. The molecule has 2 N–H and O–H groups in total. The van der Waals surface area contributed by atoms with Crippen LogP contribution in [0.25, 0.3) is 0 Å². The third-order valence-corrected chi connectivity index (χ3v) is 5.90. The number of hydrogen-bond acceptors (Lipinski definition) is 5. The third kappa shape index (κ3) is 4.80. The van der Waals surface area contributed by atoms with Gasteiger partial charge in [0.15, 0.2) is 0 Å². The van der Waals surface area contributed by atoms with Crippen molar-refractivity contribution in [3.05, 3.63) is 70.4 Å². The predicted octanol–water partition coefficient (Wildman–Crippen LogP) is 4.34. The Labute approximate surface area is 176 Å². The molecule has 3 aromatic rings. The number of carbonyl (C=O) groups is 2. The summed E-state index contributed by atoms with van der Waals surface area (Å²) < 4.78 is 13.0. The van der Waals surface area contributed by atoms with Crippen LogP contribution in [0.4, 0.5) is 20.6 Å². The summed E-state index contributed by atoms with van der Waals surface area (Å²) in [5.41, 5.74) is 1.24. The van der Waals surface area contributed by atoms with Crippen molar-refractivity contribution in [2.75, 3.05) is 23.7 Å². The summed E-state index contributed by atoms with van der Waals surface area (Å²) in [6.45, 7) is 1.12. The topological polar surface area (TPSA) is 87.2 Å². The van der Waals surface area contributed by atoms with Crippen LogP contribution in [0.5, 0.6) is 0 Å². The van der Waals surface area contributed by atoms with Crippen LogP contribution >= 0.6 is 11.3 Å². The molecule has 3 amide bonds. The first-order valence-corrected chi connectivity index (χ1v) is 10.4. The van der Waals surface area contributed by atoms with Crippen LogP contribution in [-0.2, 0) is 0 Å². The number of halogens is 1. The molecule has 2 aromatic carbocycles. The zero-order valence-electron chi connectivity index (χ0n) is 16.0. The lowest BCUT2D eigenvalue weighted by Crippen LogP contribution is -2.41. The Hall–Kier alpha value is -3.33. The summed E-state index contributed by atoms with van der Waals surface area (Å²) in [6, 6.07) is 14.6. The summed E-state index contributed by atoms with van der Waals surface area (Å²) >= 11 is 1.25. The highest BCUT2D eigenvalue weighted by Crippen LogP contribution is 2.29. The van der Waals surface area contributed by atoms with Gasteiger partial charge in [0.1, 0.15) is 10.8 Å². The average molecular weight is 425 g/mol. The Bertz CT molecular complexity index is 1030. The van der Waals surface area contributed by atoms with E-state index < -0.39 is 0 Å². The fraction of sp³-hybridized carbons (Fsp3) is 0.238. The Balaban J connectivity index is 1.38. The van der Waals surface area contributed by atoms with Gasteiger partial charge in [0, 0.05) is 30.4 Å². The van der Waals surface area contributed by atoms with Crippen molar-refractivity contribution in [3.63, 3.8) is 0 Å². The van der Waals surface area contributed by atoms with Crippen molar-refractivity contribution < 1.29 is 14.0 Å². The largest absolute Gasteiger partial charge is 0.324 e. The molecule has 1 aromatic heterocycles. The van der Waals surface area contributed by atoms with Crippen LogP contribution in [-0.4, -0.2) is 40.1 Å². The van der Waals surface area contributed by atoms with Gasteiger partial charge in [-0.2, -0.15) is 0 Å². The van der Waals surface area contributed by atoms with Crippen molar-refractivity contribution in [2.24, 2.45) is 0 Å². The van der Waals surface area contributed by atoms with E-state index in [-0.39, 0.29) is 23.7 Å². The van der Waals surface area contributed by atoms with E-state index in [0.29, 0.717) is 29.5 Å². The summed E-state index contributed by atoms with van der Waals surface area (Å²) in [6.07, 6.45) is 1.70. The van der Waals surface area contributed by atoms with E-state index in [9.17, 15) is 14.0 Å². The smallest absolute Gasteiger partial charge is 0.321 e. The van der Waals surface area contributed by atoms with Crippen LogP contribution in [0, 0.1) is 5.82 Å². The first-order valence-electron chi connectivity index (χ1n) is 9.60. The second-order valence-electron chi connectivity index (χ2n) is 6.99. The number of amides is 3. The molecule has 0 aliphatic carbocycles. The van der Waals surface area contributed by atoms with Crippen molar-refractivity contribution >= 4 is 34.6 Å². The molecular weight excluding hydrogens is 405 g/mol. The third-order valence-electron chi connectivity index (χ3n) is 4.82. The molecule has 2 heterocycles. The molecule has 9 heteroatoms. The molecule has 0 spiro atoms. The Kier molecular flexibility index (Phi) is 5.99. The summed E-state index contributed by atoms with van der Waals surface area (Å²) in [5.74, 6) is -0.630. The molecule has 1 atom stereocenters. The van der Waals surface area contributed by atoms with Gasteiger partial charge in [0.2, 0.25) is 5.01 Å². The van der Waals surface area contributed by atoms with E-state index in [2.05, 4.69) is 20.8 Å². The predicted molar refractivity (Wildman–Crippen MR) is 113 cm³/mol. The number of anilines is 2. The van der Waals surface area contributed by atoms with Crippen molar-refractivity contribution in [2.45, 2.75) is 18.8 Å². The lowest BCUT2D eigenvalue weighted by molar-refractivity contribution is 0.102. The number of piperidine rings is 1. The van der Waals surface area contributed by atoms with Crippen LogP contribution < -0.4 is 10.6 Å². The molecule has 0 unspecified atom stereocenters. The number of aromatic nitrogens is 2. The second kappa shape index (κ2) is 9.00. The molecule has 1 fully saturated rings. The van der Waals surface area contributed by atoms with Crippen molar-refractivity contribution in [3.8, 4) is 0 Å². The van der Waals surface area contributed by atoms with Crippen LogP contribution in [0.1, 0.15) is 33.6 Å². The first kappa shape index (κ1) is 20.0. The van der Waals surface area contributed by atoms with Gasteiger partial charge in [-0.1, -0.05) is 29.5 Å². The minimum Gasteiger partial charge on any atom is -0.324 e. The minimum atomic E-state index is -0.352. The van der Waals surface area contributed by atoms with Gasteiger partial charge in [0.25, 0.3) is 5.91 Å². The monoisotopic (exact) mass is 425 g/mol. The lowest BCUT2D eigenvalue weighted by Gasteiger charge is -2.31. The van der Waals surface area contributed by atoms with Gasteiger partial charge < -0.3 is 15.5 Å². The van der Waals surface area contributed by atoms with E-state index in [1.165, 1.54) is 35.6 Å². The fourth-order valence-corrected chi connectivity index (χ4v) is 4.16. The molecule has 0 bridgehead atoms. The fourth-order valence-electron chi connectivity index (χ4n) is 3.30. The summed E-state index contributed by atoms with van der Waals surface area (Å²) in [5, 5.41) is 14.9. The number of hydrogen-bond donors (Lipinski definition) is 2. The number of urea groups is 1. The molecule has 154 valence electrons. The Morgan fingerprint density at radius 3 is 2.50 bits per heavy atom. The number of carbonyl (C=O) groups excluding carboxylic acids is 2. The van der Waals surface area contributed by atoms with E-state index in [1.807, 2.05) is 18.2 Å². The molecule has 1 saturated heterocycles. The van der Waals surface area contributed by atoms with E-state index in [0.717, 1.165) is 17.8 Å². The maximum Gasteiger partial charge on any atom is 0.321 e. The SMILES string of the molecule is O=C(Nc1ccccc1)c1nnc([C@@H]2CCCN(C(=O)Nc3ccc(F)cc3)C2)s1. The molecule has 1 aliphatic rings. The molecule has 4 rings (SSSR count). The summed E-state index contributed by atoms with van der Waals surface area (Å²) in [4.78, 5) is 26.7. The number of benzene rings is 2. The average Bonchev–Trinajstić information content (AvgIpc) is 3.27. The maximum atomic E-state index is 13.0. The molecular formula is C21H20FN5O2S. The number of rotatable bonds is 4. The van der Waals surface area contributed by atoms with Crippen LogP contribution in [0.3, 0.4) is 0 Å². The Morgan fingerprint density at radius 1 is 1.00 bits per heavy atom. The van der Waals surface area contributed by atoms with E-state index >= 15 is 0 Å². The number of nitrogens with zero attached hydrogens (tertiary/aromatic N) is 3. The lowest BCUT2D eigenvalue weighted by atomic mass is 9.99. The highest BCUT2D eigenvalue weighted by Gasteiger charge is 2.28.